The molecule has 1 N–H and O–H groups in total. The Bertz CT molecular complexity index is 1560. The van der Waals surface area contributed by atoms with Crippen molar-refractivity contribution in [2.24, 2.45) is 0 Å². The third kappa shape index (κ3) is 7.50. The van der Waals surface area contributed by atoms with E-state index >= 15 is 0 Å². The zero-order valence-electron chi connectivity index (χ0n) is 18.4. The van der Waals surface area contributed by atoms with Gasteiger partial charge in [0.05, 0.1) is 29.1 Å². The highest BCUT2D eigenvalue weighted by Gasteiger charge is 2.31. The molecule has 0 amide bonds. The van der Waals surface area contributed by atoms with E-state index in [-0.39, 0.29) is 32.7 Å². The molecule has 2 aromatic carbocycles. The van der Waals surface area contributed by atoms with Crippen molar-refractivity contribution in [3.63, 3.8) is 0 Å². The molecule has 1 heterocycles. The average molecular weight is 603 g/mol. The predicted octanol–water partition coefficient (Wildman–Crippen LogP) is 4.33. The monoisotopic (exact) mass is 602 g/mol. The molecule has 1 aromatic heterocycles. The largest absolute Gasteiger partial charge is 0.504 e. The van der Waals surface area contributed by atoms with E-state index in [0.29, 0.717) is 6.26 Å². The molecule has 0 radical (unpaired) electrons. The van der Waals surface area contributed by atoms with Crippen LogP contribution in [0.2, 0.25) is 10.0 Å². The summed E-state index contributed by atoms with van der Waals surface area (Å²) in [5.41, 5.74) is -0.795. The summed E-state index contributed by atoms with van der Waals surface area (Å²) >= 11 is 12.1. The summed E-state index contributed by atoms with van der Waals surface area (Å²) in [6.45, 7) is 0. The van der Waals surface area contributed by atoms with Crippen LogP contribution in [0.3, 0.4) is 0 Å². The highest BCUT2D eigenvalue weighted by molar-refractivity contribution is 7.87. The minimum Gasteiger partial charge on any atom is -0.504 e. The molecule has 0 saturated heterocycles. The van der Waals surface area contributed by atoms with Gasteiger partial charge in [-0.2, -0.15) is 35.1 Å². The van der Waals surface area contributed by atoms with Gasteiger partial charge < -0.3 is 13.5 Å². The Balaban J connectivity index is 2.05. The Morgan fingerprint density at radius 2 is 1.70 bits per heavy atom. The molecule has 0 aliphatic heterocycles. The summed E-state index contributed by atoms with van der Waals surface area (Å²) < 4.78 is 93.5. The Hall–Kier alpha value is -3.01. The maximum atomic E-state index is 12.3. The number of aromatic hydroxyl groups is 1. The predicted molar refractivity (Wildman–Crippen MR) is 126 cm³/mol. The second kappa shape index (κ2) is 10.4. The van der Waals surface area contributed by atoms with Gasteiger partial charge in [0.25, 0.3) is 0 Å². The van der Waals surface area contributed by atoms with E-state index in [1.165, 1.54) is 30.3 Å². The highest BCUT2D eigenvalue weighted by Crippen LogP contribution is 2.38. The molecule has 10 nitrogen and oxygen atoms in total. The maximum absolute atomic E-state index is 12.3. The van der Waals surface area contributed by atoms with E-state index in [9.17, 15) is 39.9 Å². The quantitative estimate of drug-likeness (QED) is 0.373. The maximum Gasteiger partial charge on any atom is 0.390 e. The number of alkyl halides is 3. The molecule has 3 rings (SSSR count). The Morgan fingerprint density at radius 1 is 1.08 bits per heavy atom. The van der Waals surface area contributed by atoms with Gasteiger partial charge in [-0.15, -0.1) is 0 Å². The standard InChI is InChI=1S/C20H15Cl2F3N2O8S2/c1-36(30,31)35-19(29)16-18(28)17(27(26-16)15-7-4-12(21)10-14(15)22)11-2-5-13(6-3-11)34-37(32,33)9-8-20(23,24)25/h2-7,10,28H,8-9H2,1H3. The SMILES string of the molecule is CS(=O)(=O)OC(=O)c1nn(-c2ccc(Cl)cc2Cl)c(-c2ccc(OS(=O)(=O)CCC(F)(F)F)cc2)c1O. The van der Waals surface area contributed by atoms with Gasteiger partial charge in [-0.3, -0.25) is 0 Å². The molecule has 0 aliphatic carbocycles. The van der Waals surface area contributed by atoms with Crippen LogP contribution < -0.4 is 4.18 Å². The third-order valence-electron chi connectivity index (χ3n) is 4.41. The molecule has 37 heavy (non-hydrogen) atoms. The fraction of sp³-hybridized carbons (Fsp3) is 0.200. The van der Waals surface area contributed by atoms with Crippen molar-refractivity contribution in [1.29, 1.82) is 0 Å². The lowest BCUT2D eigenvalue weighted by Gasteiger charge is -2.11. The molecular formula is C20H15Cl2F3N2O8S2. The first-order chi connectivity index (χ1) is 17.0. The number of nitrogens with zero attached hydrogens (tertiary/aromatic N) is 2. The van der Waals surface area contributed by atoms with Gasteiger partial charge in [-0.25, -0.2) is 9.48 Å². The number of carbonyl (C=O) groups excluding carboxylic acids is 1. The van der Waals surface area contributed by atoms with Crippen LogP contribution in [-0.2, 0) is 24.4 Å². The van der Waals surface area contributed by atoms with E-state index in [0.717, 1.165) is 16.8 Å². The van der Waals surface area contributed by atoms with Crippen molar-refractivity contribution in [1.82, 2.24) is 9.78 Å². The Kier molecular flexibility index (Phi) is 8.02. The molecule has 0 fully saturated rings. The topological polar surface area (TPSA) is 142 Å². The van der Waals surface area contributed by atoms with Crippen LogP contribution in [-0.4, -0.2) is 55.9 Å². The lowest BCUT2D eigenvalue weighted by atomic mass is 10.1. The summed E-state index contributed by atoms with van der Waals surface area (Å²) in [6.07, 6.45) is -5.69. The lowest BCUT2D eigenvalue weighted by Crippen LogP contribution is -2.20. The Labute approximate surface area is 218 Å². The molecule has 17 heteroatoms. The molecule has 0 atom stereocenters. The van der Waals surface area contributed by atoms with Crippen LogP contribution in [0, 0.1) is 0 Å². The second-order valence-electron chi connectivity index (χ2n) is 7.36. The van der Waals surface area contributed by atoms with Gasteiger partial charge >= 0.3 is 32.4 Å². The van der Waals surface area contributed by atoms with Crippen LogP contribution in [0.5, 0.6) is 11.5 Å². The molecule has 0 aliphatic rings. The third-order valence-corrected chi connectivity index (χ3v) is 6.55. The van der Waals surface area contributed by atoms with Gasteiger partial charge in [-0.1, -0.05) is 23.2 Å². The van der Waals surface area contributed by atoms with Gasteiger partial charge in [0.2, 0.25) is 5.69 Å². The zero-order valence-corrected chi connectivity index (χ0v) is 21.5. The van der Waals surface area contributed by atoms with Gasteiger partial charge in [0.15, 0.2) is 5.75 Å². The first-order valence-electron chi connectivity index (χ1n) is 9.76. The number of benzene rings is 2. The van der Waals surface area contributed by atoms with Crippen molar-refractivity contribution < 1.29 is 48.3 Å². The first kappa shape index (κ1) is 28.6. The highest BCUT2D eigenvalue weighted by atomic mass is 35.5. The minimum atomic E-state index is -4.70. The number of aromatic nitrogens is 2. The van der Waals surface area contributed by atoms with Crippen molar-refractivity contribution in [3.8, 4) is 28.4 Å². The summed E-state index contributed by atoms with van der Waals surface area (Å²) in [5.74, 6) is -3.95. The summed E-state index contributed by atoms with van der Waals surface area (Å²) in [6, 6.07) is 8.71. The number of hydrogen-bond donors (Lipinski definition) is 1. The molecule has 0 bridgehead atoms. The number of hydrogen-bond acceptors (Lipinski definition) is 9. The zero-order chi connectivity index (χ0) is 27.8. The molecule has 0 saturated carbocycles. The van der Waals surface area contributed by atoms with Crippen molar-refractivity contribution in [2.75, 3.05) is 12.0 Å². The van der Waals surface area contributed by atoms with E-state index in [2.05, 4.69) is 13.5 Å². The van der Waals surface area contributed by atoms with Crippen LogP contribution in [0.1, 0.15) is 16.9 Å². The number of halogens is 5. The summed E-state index contributed by atoms with van der Waals surface area (Å²) in [5, 5.41) is 15.0. The van der Waals surface area contributed by atoms with Gasteiger partial charge in [0, 0.05) is 10.6 Å². The molecule has 200 valence electrons. The van der Waals surface area contributed by atoms with Gasteiger partial charge in [-0.05, 0) is 42.5 Å². The van der Waals surface area contributed by atoms with Crippen LogP contribution in [0.15, 0.2) is 42.5 Å². The molecular weight excluding hydrogens is 588 g/mol. The molecule has 0 spiro atoms. The van der Waals surface area contributed by atoms with Crippen molar-refractivity contribution in [2.45, 2.75) is 12.6 Å². The summed E-state index contributed by atoms with van der Waals surface area (Å²) in [7, 11) is -8.84. The smallest absolute Gasteiger partial charge is 0.390 e. The van der Waals surface area contributed by atoms with Gasteiger partial charge in [0.1, 0.15) is 11.4 Å². The van der Waals surface area contributed by atoms with E-state index in [1.807, 2.05) is 0 Å². The van der Waals surface area contributed by atoms with Crippen molar-refractivity contribution in [3.05, 3.63) is 58.2 Å². The van der Waals surface area contributed by atoms with Crippen LogP contribution in [0.25, 0.3) is 16.9 Å². The molecule has 3 aromatic rings. The lowest BCUT2D eigenvalue weighted by molar-refractivity contribution is -0.130. The summed E-state index contributed by atoms with van der Waals surface area (Å²) in [4.78, 5) is 12.3. The molecule has 0 unspecified atom stereocenters. The van der Waals surface area contributed by atoms with Crippen LogP contribution in [0.4, 0.5) is 13.2 Å². The van der Waals surface area contributed by atoms with E-state index in [1.54, 1.807) is 0 Å². The normalized spacial score (nSPS) is 12.4. The first-order valence-corrected chi connectivity index (χ1v) is 13.9. The Morgan fingerprint density at radius 3 is 2.24 bits per heavy atom. The van der Waals surface area contributed by atoms with Crippen molar-refractivity contribution >= 4 is 49.4 Å². The van der Waals surface area contributed by atoms with Crippen LogP contribution >= 0.6 is 23.2 Å². The van der Waals surface area contributed by atoms with E-state index < -0.39 is 56.0 Å². The second-order valence-corrected chi connectivity index (χ2v) is 11.5. The number of rotatable bonds is 8. The fourth-order valence-electron chi connectivity index (χ4n) is 2.91. The van der Waals surface area contributed by atoms with E-state index in [4.69, 9.17) is 23.2 Å². The number of carbonyl (C=O) groups is 1. The average Bonchev–Trinajstić information content (AvgIpc) is 3.08. The minimum absolute atomic E-state index is 0.0231. The fourth-order valence-corrected chi connectivity index (χ4v) is 4.72.